The van der Waals surface area contributed by atoms with Gasteiger partial charge in [0.1, 0.15) is 0 Å². The van der Waals surface area contributed by atoms with Crippen LogP contribution in [0.25, 0.3) is 0 Å². The van der Waals surface area contributed by atoms with Crippen molar-refractivity contribution in [2.45, 2.75) is 118 Å². The standard InChI is InChI=1S/C31H54O3Si/c1-12-28(19-20-29-17-14-18-30(34-29)33-24(2)3)22-26(5)16-13-15-25(4)21-27(6)23-32-35(10,11)31(7,8)9/h13-15,18-22,24,26-27,29-30H,12,16-17,23H2,1-11H3/b15-13+,20-19+,25-21+,28-22-/t26-,27-,29-,30-/m1/s1. The van der Waals surface area contributed by atoms with Gasteiger partial charge >= 0.3 is 0 Å². The Balaban J connectivity index is 2.56. The van der Waals surface area contributed by atoms with E-state index in [0.717, 1.165) is 25.9 Å². The molecule has 0 N–H and O–H groups in total. The van der Waals surface area contributed by atoms with E-state index in [1.165, 1.54) is 11.1 Å². The molecular weight excluding hydrogens is 448 g/mol. The van der Waals surface area contributed by atoms with E-state index >= 15 is 0 Å². The summed E-state index contributed by atoms with van der Waals surface area (Å²) < 4.78 is 18.2. The summed E-state index contributed by atoms with van der Waals surface area (Å²) in [5.41, 5.74) is 2.66. The van der Waals surface area contributed by atoms with Gasteiger partial charge in [-0.05, 0) is 76.1 Å². The molecule has 0 saturated carbocycles. The lowest BCUT2D eigenvalue weighted by Crippen LogP contribution is -2.41. The van der Waals surface area contributed by atoms with Gasteiger partial charge in [-0.1, -0.05) is 95.2 Å². The van der Waals surface area contributed by atoms with Gasteiger partial charge in [-0.3, -0.25) is 0 Å². The molecule has 1 aliphatic rings. The van der Waals surface area contributed by atoms with Gasteiger partial charge in [-0.2, -0.15) is 0 Å². The molecule has 0 unspecified atom stereocenters. The fourth-order valence-corrected chi connectivity index (χ4v) is 4.71. The molecule has 0 saturated heterocycles. The van der Waals surface area contributed by atoms with E-state index in [2.05, 4.69) is 104 Å². The number of hydrogen-bond acceptors (Lipinski definition) is 3. The fourth-order valence-electron chi connectivity index (χ4n) is 3.60. The van der Waals surface area contributed by atoms with E-state index < -0.39 is 8.32 Å². The summed E-state index contributed by atoms with van der Waals surface area (Å²) in [7, 11) is -1.68. The maximum absolute atomic E-state index is 6.38. The Kier molecular flexibility index (Phi) is 13.8. The number of hydrogen-bond donors (Lipinski definition) is 0. The van der Waals surface area contributed by atoms with Crippen LogP contribution in [0.4, 0.5) is 0 Å². The average molecular weight is 503 g/mol. The van der Waals surface area contributed by atoms with Gasteiger partial charge in [0.05, 0.1) is 12.2 Å². The van der Waals surface area contributed by atoms with Crippen molar-refractivity contribution < 1.29 is 13.9 Å². The molecule has 0 aromatic carbocycles. The van der Waals surface area contributed by atoms with Gasteiger partial charge in [0.25, 0.3) is 0 Å². The van der Waals surface area contributed by atoms with Crippen molar-refractivity contribution >= 4 is 8.32 Å². The minimum absolute atomic E-state index is 0.0734. The van der Waals surface area contributed by atoms with Gasteiger partial charge < -0.3 is 13.9 Å². The van der Waals surface area contributed by atoms with Crippen molar-refractivity contribution in [3.63, 3.8) is 0 Å². The SMILES string of the molecule is CCC(=C/[C@H](C)C/C=C/C(C)=C/[C@@H](C)CO[Si](C)(C)C(C)(C)C)/C=C/[C@H]1CC=C[C@H](OC(C)C)O1. The van der Waals surface area contributed by atoms with E-state index in [1.807, 2.05) is 19.9 Å². The molecule has 4 heteroatoms. The Bertz CT molecular complexity index is 765. The quantitative estimate of drug-likeness (QED) is 0.143. The molecule has 3 nitrogen and oxygen atoms in total. The highest BCUT2D eigenvalue weighted by Gasteiger charge is 2.37. The molecule has 0 spiro atoms. The predicted octanol–water partition coefficient (Wildman–Crippen LogP) is 9.16. The molecular formula is C31H54O3Si. The Labute approximate surface area is 218 Å². The summed E-state index contributed by atoms with van der Waals surface area (Å²) in [6, 6.07) is 0. The highest BCUT2D eigenvalue weighted by atomic mass is 28.4. The minimum Gasteiger partial charge on any atom is -0.416 e. The second kappa shape index (κ2) is 15.1. The summed E-state index contributed by atoms with van der Waals surface area (Å²) in [6.07, 6.45) is 20.8. The van der Waals surface area contributed by atoms with Crippen LogP contribution in [0.15, 0.2) is 59.8 Å². The predicted molar refractivity (Wildman–Crippen MR) is 155 cm³/mol. The van der Waals surface area contributed by atoms with Crippen LogP contribution in [0.3, 0.4) is 0 Å². The van der Waals surface area contributed by atoms with E-state index in [-0.39, 0.29) is 23.5 Å². The van der Waals surface area contributed by atoms with E-state index in [9.17, 15) is 0 Å². The highest BCUT2D eigenvalue weighted by Crippen LogP contribution is 2.36. The minimum atomic E-state index is -1.68. The topological polar surface area (TPSA) is 27.7 Å². The Morgan fingerprint density at radius 2 is 1.77 bits per heavy atom. The first-order valence-electron chi connectivity index (χ1n) is 13.6. The molecule has 200 valence electrons. The first kappa shape index (κ1) is 31.8. The van der Waals surface area contributed by atoms with E-state index in [0.29, 0.717) is 11.8 Å². The third-order valence-corrected chi connectivity index (χ3v) is 11.3. The molecule has 35 heavy (non-hydrogen) atoms. The van der Waals surface area contributed by atoms with Gasteiger partial charge in [-0.25, -0.2) is 0 Å². The fraction of sp³-hybridized carbons (Fsp3) is 0.677. The molecule has 4 atom stereocenters. The molecule has 0 aromatic rings. The first-order chi connectivity index (χ1) is 16.2. The van der Waals surface area contributed by atoms with Crippen molar-refractivity contribution in [3.8, 4) is 0 Å². The van der Waals surface area contributed by atoms with Crippen LogP contribution in [0.5, 0.6) is 0 Å². The second-order valence-corrected chi connectivity index (χ2v) is 16.7. The van der Waals surface area contributed by atoms with Gasteiger partial charge in [0, 0.05) is 6.61 Å². The molecule has 1 aliphatic heterocycles. The molecule has 0 bridgehead atoms. The van der Waals surface area contributed by atoms with Crippen molar-refractivity contribution in [2.75, 3.05) is 6.61 Å². The lowest BCUT2D eigenvalue weighted by molar-refractivity contribution is -0.154. The third-order valence-electron chi connectivity index (χ3n) is 6.76. The van der Waals surface area contributed by atoms with Crippen LogP contribution in [-0.4, -0.2) is 33.4 Å². The zero-order valence-corrected chi connectivity index (χ0v) is 25.6. The van der Waals surface area contributed by atoms with Crippen molar-refractivity contribution in [2.24, 2.45) is 11.8 Å². The Morgan fingerprint density at radius 3 is 2.37 bits per heavy atom. The van der Waals surface area contributed by atoms with Crippen LogP contribution in [-0.2, 0) is 13.9 Å². The molecule has 1 heterocycles. The van der Waals surface area contributed by atoms with Crippen molar-refractivity contribution in [1.82, 2.24) is 0 Å². The van der Waals surface area contributed by atoms with Gasteiger partial charge in [0.2, 0.25) is 0 Å². The normalized spacial score (nSPS) is 22.5. The molecule has 0 radical (unpaired) electrons. The summed E-state index contributed by atoms with van der Waals surface area (Å²) in [6.45, 7) is 25.3. The summed E-state index contributed by atoms with van der Waals surface area (Å²) in [4.78, 5) is 0. The largest absolute Gasteiger partial charge is 0.416 e. The zero-order chi connectivity index (χ0) is 26.6. The van der Waals surface area contributed by atoms with Gasteiger partial charge in [-0.15, -0.1) is 0 Å². The highest BCUT2D eigenvalue weighted by molar-refractivity contribution is 6.74. The maximum atomic E-state index is 6.38. The van der Waals surface area contributed by atoms with Crippen LogP contribution >= 0.6 is 0 Å². The Morgan fingerprint density at radius 1 is 1.09 bits per heavy atom. The van der Waals surface area contributed by atoms with Crippen LogP contribution in [0, 0.1) is 11.8 Å². The van der Waals surface area contributed by atoms with Crippen molar-refractivity contribution in [3.05, 3.63) is 59.8 Å². The number of ether oxygens (including phenoxy) is 2. The second-order valence-electron chi connectivity index (χ2n) is 11.9. The monoisotopic (exact) mass is 502 g/mol. The van der Waals surface area contributed by atoms with Gasteiger partial charge in [0.15, 0.2) is 14.6 Å². The Hall–Kier alpha value is -1.20. The summed E-state index contributed by atoms with van der Waals surface area (Å²) in [5, 5.41) is 0.257. The molecule has 0 aliphatic carbocycles. The zero-order valence-electron chi connectivity index (χ0n) is 24.6. The van der Waals surface area contributed by atoms with Crippen LogP contribution < -0.4 is 0 Å². The average Bonchev–Trinajstić information content (AvgIpc) is 2.74. The first-order valence-corrected chi connectivity index (χ1v) is 16.5. The van der Waals surface area contributed by atoms with E-state index in [4.69, 9.17) is 13.9 Å². The van der Waals surface area contributed by atoms with Crippen molar-refractivity contribution in [1.29, 1.82) is 0 Å². The van der Waals surface area contributed by atoms with Crippen LogP contribution in [0.2, 0.25) is 18.1 Å². The number of allylic oxidation sites excluding steroid dienone is 6. The number of rotatable bonds is 13. The smallest absolute Gasteiger partial charge is 0.192 e. The van der Waals surface area contributed by atoms with Crippen LogP contribution in [0.1, 0.15) is 81.6 Å². The molecule has 0 amide bonds. The summed E-state index contributed by atoms with van der Waals surface area (Å²) in [5.74, 6) is 0.910. The lowest BCUT2D eigenvalue weighted by Gasteiger charge is -2.36. The lowest BCUT2D eigenvalue weighted by atomic mass is 10.0. The molecule has 0 fully saturated rings. The summed E-state index contributed by atoms with van der Waals surface area (Å²) >= 11 is 0. The van der Waals surface area contributed by atoms with E-state index in [1.54, 1.807) is 0 Å². The molecule has 0 aromatic heterocycles. The molecule has 1 rings (SSSR count). The maximum Gasteiger partial charge on any atom is 0.192 e. The third kappa shape index (κ3) is 13.1.